The number of furan rings is 1. The Hall–Kier alpha value is -2.93. The summed E-state index contributed by atoms with van der Waals surface area (Å²) in [7, 11) is 0. The second-order valence-electron chi connectivity index (χ2n) is 7.33. The molecule has 0 saturated heterocycles. The van der Waals surface area contributed by atoms with Gasteiger partial charge in [0.05, 0.1) is 23.5 Å². The van der Waals surface area contributed by atoms with Crippen molar-refractivity contribution in [3.8, 4) is 0 Å². The first-order valence-electron chi connectivity index (χ1n) is 9.65. The molecule has 4 rings (SSSR count). The Balaban J connectivity index is 1.52. The number of aromatic nitrogens is 1. The lowest BCUT2D eigenvalue weighted by molar-refractivity contribution is 0.0721. The van der Waals surface area contributed by atoms with E-state index in [1.54, 1.807) is 11.2 Å². The van der Waals surface area contributed by atoms with Crippen LogP contribution in [0.2, 0.25) is 0 Å². The van der Waals surface area contributed by atoms with Crippen LogP contribution in [-0.4, -0.2) is 27.7 Å². The average molecular weight is 410 g/mol. The van der Waals surface area contributed by atoms with Crippen LogP contribution in [0.25, 0.3) is 0 Å². The van der Waals surface area contributed by atoms with Gasteiger partial charge in [0.15, 0.2) is 0 Å². The highest BCUT2D eigenvalue weighted by Crippen LogP contribution is 2.23. The zero-order valence-corrected chi connectivity index (χ0v) is 17.3. The van der Waals surface area contributed by atoms with Crippen LogP contribution in [-0.2, 0) is 13.1 Å². The van der Waals surface area contributed by atoms with Crippen LogP contribution in [0.4, 0.5) is 0 Å². The molecule has 1 aromatic carbocycles. The molecular weight excluding hydrogens is 386 g/mol. The van der Waals surface area contributed by atoms with E-state index in [9.17, 15) is 9.59 Å². The largest absolute Gasteiger partial charge is 0.467 e. The summed E-state index contributed by atoms with van der Waals surface area (Å²) < 4.78 is 5.46. The van der Waals surface area contributed by atoms with Crippen LogP contribution in [0.15, 0.2) is 47.1 Å². The minimum Gasteiger partial charge on any atom is -0.467 e. The van der Waals surface area contributed by atoms with Gasteiger partial charge >= 0.3 is 0 Å². The van der Waals surface area contributed by atoms with Crippen molar-refractivity contribution in [3.05, 3.63) is 75.1 Å². The van der Waals surface area contributed by atoms with Crippen molar-refractivity contribution >= 4 is 23.2 Å². The van der Waals surface area contributed by atoms with E-state index in [1.807, 2.05) is 50.2 Å². The fourth-order valence-electron chi connectivity index (χ4n) is 3.14. The Bertz CT molecular complexity index is 1000. The van der Waals surface area contributed by atoms with Gasteiger partial charge in [0.1, 0.15) is 10.6 Å². The molecule has 0 spiro atoms. The fourth-order valence-corrected chi connectivity index (χ4v) is 4.03. The third-order valence-electron chi connectivity index (χ3n) is 4.81. The van der Waals surface area contributed by atoms with Crippen molar-refractivity contribution in [3.63, 3.8) is 0 Å². The van der Waals surface area contributed by atoms with Gasteiger partial charge in [-0.25, -0.2) is 4.98 Å². The molecule has 3 aromatic rings. The van der Waals surface area contributed by atoms with Crippen molar-refractivity contribution in [1.82, 2.24) is 15.2 Å². The average Bonchev–Trinajstić information content (AvgIpc) is 3.23. The summed E-state index contributed by atoms with van der Waals surface area (Å²) in [6.07, 6.45) is 3.72. The number of aryl methyl sites for hydroxylation is 2. The number of carbonyl (C=O) groups is 2. The lowest BCUT2D eigenvalue weighted by Crippen LogP contribution is -2.30. The van der Waals surface area contributed by atoms with E-state index in [4.69, 9.17) is 4.42 Å². The van der Waals surface area contributed by atoms with Gasteiger partial charge in [-0.15, -0.1) is 11.3 Å². The maximum Gasteiger partial charge on any atom is 0.266 e. The summed E-state index contributed by atoms with van der Waals surface area (Å²) >= 11 is 1.41. The molecule has 1 N–H and O–H groups in total. The Morgan fingerprint density at radius 3 is 2.52 bits per heavy atom. The third kappa shape index (κ3) is 4.74. The minimum absolute atomic E-state index is 0.0432. The van der Waals surface area contributed by atoms with Gasteiger partial charge in [-0.05, 0) is 56.5 Å². The van der Waals surface area contributed by atoms with Crippen LogP contribution < -0.4 is 5.32 Å². The molecule has 0 aliphatic heterocycles. The van der Waals surface area contributed by atoms with Gasteiger partial charge in [0, 0.05) is 18.2 Å². The topological polar surface area (TPSA) is 75.4 Å². The molecule has 1 aliphatic carbocycles. The number of hydrogen-bond donors (Lipinski definition) is 1. The monoisotopic (exact) mass is 409 g/mol. The van der Waals surface area contributed by atoms with Crippen molar-refractivity contribution < 1.29 is 14.0 Å². The summed E-state index contributed by atoms with van der Waals surface area (Å²) in [5, 5.41) is 3.86. The van der Waals surface area contributed by atoms with Crippen molar-refractivity contribution in [2.45, 2.75) is 45.8 Å². The van der Waals surface area contributed by atoms with E-state index in [0.717, 1.165) is 34.9 Å². The smallest absolute Gasteiger partial charge is 0.266 e. The summed E-state index contributed by atoms with van der Waals surface area (Å²) in [6.45, 7) is 4.54. The van der Waals surface area contributed by atoms with E-state index in [0.29, 0.717) is 29.6 Å². The van der Waals surface area contributed by atoms with Gasteiger partial charge in [-0.2, -0.15) is 0 Å². The van der Waals surface area contributed by atoms with Gasteiger partial charge < -0.3 is 14.6 Å². The molecule has 2 heterocycles. The van der Waals surface area contributed by atoms with Crippen LogP contribution >= 0.6 is 11.3 Å². The molecule has 2 aromatic heterocycles. The predicted molar refractivity (Wildman–Crippen MR) is 111 cm³/mol. The van der Waals surface area contributed by atoms with E-state index in [-0.39, 0.29) is 11.8 Å². The molecule has 6 nitrogen and oxygen atoms in total. The van der Waals surface area contributed by atoms with Gasteiger partial charge in [-0.1, -0.05) is 12.1 Å². The number of thiazole rings is 1. The number of nitrogens with one attached hydrogen (secondary N) is 1. The quantitative estimate of drug-likeness (QED) is 0.638. The second kappa shape index (κ2) is 8.21. The van der Waals surface area contributed by atoms with Crippen LogP contribution in [0.5, 0.6) is 0 Å². The lowest BCUT2D eigenvalue weighted by Gasteiger charge is -2.21. The van der Waals surface area contributed by atoms with E-state index >= 15 is 0 Å². The normalized spacial score (nSPS) is 13.3. The van der Waals surface area contributed by atoms with Gasteiger partial charge in [-0.3, -0.25) is 9.59 Å². The molecule has 0 unspecified atom stereocenters. The van der Waals surface area contributed by atoms with Crippen molar-refractivity contribution in [2.24, 2.45) is 0 Å². The highest BCUT2D eigenvalue weighted by atomic mass is 32.1. The Labute approximate surface area is 173 Å². The summed E-state index contributed by atoms with van der Waals surface area (Å²) in [5.74, 6) is 0.607. The Morgan fingerprint density at radius 2 is 1.93 bits per heavy atom. The third-order valence-corrected chi connectivity index (χ3v) is 5.87. The molecule has 1 saturated carbocycles. The van der Waals surface area contributed by atoms with Crippen molar-refractivity contribution in [2.75, 3.05) is 0 Å². The van der Waals surface area contributed by atoms with E-state index < -0.39 is 0 Å². The highest BCUT2D eigenvalue weighted by Gasteiger charge is 2.24. The molecule has 0 radical (unpaired) electrons. The number of nitrogens with zero attached hydrogens (tertiary/aromatic N) is 2. The zero-order chi connectivity index (χ0) is 20.4. The lowest BCUT2D eigenvalue weighted by atomic mass is 10.1. The number of benzene rings is 1. The number of hydrogen-bond acceptors (Lipinski definition) is 5. The molecule has 7 heteroatoms. The maximum absolute atomic E-state index is 13.2. The fraction of sp³-hybridized carbons (Fsp3) is 0.318. The van der Waals surface area contributed by atoms with Crippen LogP contribution in [0.1, 0.15) is 54.9 Å². The highest BCUT2D eigenvalue weighted by molar-refractivity contribution is 7.13. The minimum atomic E-state index is -0.0694. The molecule has 1 fully saturated rings. The van der Waals surface area contributed by atoms with E-state index in [1.165, 1.54) is 11.3 Å². The van der Waals surface area contributed by atoms with Crippen molar-refractivity contribution in [1.29, 1.82) is 0 Å². The molecule has 150 valence electrons. The molecule has 29 heavy (non-hydrogen) atoms. The number of carbonyl (C=O) groups excluding carboxylic acids is 2. The summed E-state index contributed by atoms with van der Waals surface area (Å²) in [6, 6.07) is 11.4. The van der Waals surface area contributed by atoms with Gasteiger partial charge in [0.25, 0.3) is 11.8 Å². The molecular formula is C22H23N3O3S. The molecule has 1 aliphatic rings. The SMILES string of the molecule is Cc1nc(C)c(C(=O)N(Cc2ccc(C(=O)NC3CC3)cc2)Cc2ccco2)s1. The van der Waals surface area contributed by atoms with E-state index in [2.05, 4.69) is 10.3 Å². The summed E-state index contributed by atoms with van der Waals surface area (Å²) in [4.78, 5) is 32.2. The Morgan fingerprint density at radius 1 is 1.17 bits per heavy atom. The van der Waals surface area contributed by atoms with Crippen LogP contribution in [0, 0.1) is 13.8 Å². The predicted octanol–water partition coefficient (Wildman–Crippen LogP) is 4.09. The second-order valence-corrected chi connectivity index (χ2v) is 8.54. The zero-order valence-electron chi connectivity index (χ0n) is 16.5. The maximum atomic E-state index is 13.2. The Kier molecular flexibility index (Phi) is 5.49. The first-order valence-corrected chi connectivity index (χ1v) is 10.5. The first kappa shape index (κ1) is 19.4. The molecule has 0 bridgehead atoms. The first-order chi connectivity index (χ1) is 14.0. The standard InChI is InChI=1S/C22H23N3O3S/c1-14-20(29-15(2)23-14)22(27)25(13-19-4-3-11-28-19)12-16-5-7-17(8-6-16)21(26)24-18-9-10-18/h3-8,11,18H,9-10,12-13H2,1-2H3,(H,24,26). The molecule has 2 amide bonds. The number of rotatable bonds is 7. The van der Waals surface area contributed by atoms with Gasteiger partial charge in [0.2, 0.25) is 0 Å². The molecule has 0 atom stereocenters. The summed E-state index contributed by atoms with van der Waals surface area (Å²) in [5.41, 5.74) is 2.33. The van der Waals surface area contributed by atoms with Crippen LogP contribution in [0.3, 0.4) is 0 Å². The number of amides is 2.